The summed E-state index contributed by atoms with van der Waals surface area (Å²) < 4.78 is 0. The van der Waals surface area contributed by atoms with Crippen molar-refractivity contribution in [1.82, 2.24) is 0 Å². The largest absolute Gasteiger partial charge is 0.311 e. The average molecular weight is 939 g/mol. The Morgan fingerprint density at radius 2 is 0.803 bits per heavy atom. The molecule has 71 heavy (non-hydrogen) atoms. The number of fused-ring (bicyclic) bond motifs is 7. The van der Waals surface area contributed by atoms with Gasteiger partial charge in [-0.05, 0) is 197 Å². The second-order valence-electron chi connectivity index (χ2n) is 29.2. The van der Waals surface area contributed by atoms with Gasteiger partial charge in [-0.3, -0.25) is 0 Å². The van der Waals surface area contributed by atoms with Crippen LogP contribution in [0.2, 0.25) is 0 Å². The minimum absolute atomic E-state index is 0.0177. The molecule has 6 aromatic carbocycles. The topological polar surface area (TPSA) is 6.48 Å². The highest BCUT2D eigenvalue weighted by Crippen LogP contribution is 2.57. The van der Waals surface area contributed by atoms with Crippen LogP contribution in [0.1, 0.15) is 207 Å². The monoisotopic (exact) mass is 939 g/mol. The summed E-state index contributed by atoms with van der Waals surface area (Å²) in [4.78, 5) is 5.53. The van der Waals surface area contributed by atoms with Crippen LogP contribution < -0.4 is 26.2 Å². The van der Waals surface area contributed by atoms with E-state index >= 15 is 0 Å². The predicted molar refractivity (Wildman–Crippen MR) is 309 cm³/mol. The molecule has 0 aromatic heterocycles. The van der Waals surface area contributed by atoms with Crippen LogP contribution in [0.3, 0.4) is 0 Å². The Labute approximate surface area is 430 Å². The number of benzene rings is 6. The molecular weight excluding hydrogens is 856 g/mol. The van der Waals surface area contributed by atoms with E-state index in [-0.39, 0.29) is 50.0 Å². The summed E-state index contributed by atoms with van der Waals surface area (Å²) in [6, 6.07) is 40.0. The molecule has 0 atom stereocenters. The first-order valence-electron chi connectivity index (χ1n) is 27.3. The third-order valence-electron chi connectivity index (χ3n) is 19.0. The van der Waals surface area contributed by atoms with Crippen LogP contribution in [0.5, 0.6) is 0 Å². The van der Waals surface area contributed by atoms with E-state index in [9.17, 15) is 0 Å². The minimum Gasteiger partial charge on any atom is -0.311 e. The standard InChI is InChI=1S/C68H83BN2/c1-41-31-46-51(68(18,19)40-67(46,16)17)37-55(41)71-57-39-50-48(64(10,11)28-30-66(50,14)15)36-53(57)69-52-35-47-49(65(12,13)29-27-63(47,8)9)38-56(52)70(58-33-44(62(5,6)7)34-59(71)60(58)69)54-26-25-43(61(2,3)4)32-45(54)42-23-21-20-22-24-42/h20-26,31-39H,27-30,40H2,1-19H3. The maximum Gasteiger partial charge on any atom is 0.252 e. The highest BCUT2D eigenvalue weighted by atomic mass is 15.2. The molecule has 0 saturated heterocycles. The second-order valence-corrected chi connectivity index (χ2v) is 29.2. The van der Waals surface area contributed by atoms with Crippen LogP contribution in [0.25, 0.3) is 11.1 Å². The first-order valence-corrected chi connectivity index (χ1v) is 27.3. The maximum atomic E-state index is 2.78. The average Bonchev–Trinajstić information content (AvgIpc) is 3.46. The van der Waals surface area contributed by atoms with Crippen molar-refractivity contribution in [3.05, 3.63) is 147 Å². The van der Waals surface area contributed by atoms with Crippen molar-refractivity contribution in [2.24, 2.45) is 0 Å². The smallest absolute Gasteiger partial charge is 0.252 e. The van der Waals surface area contributed by atoms with Gasteiger partial charge in [-0.25, -0.2) is 0 Å². The van der Waals surface area contributed by atoms with Gasteiger partial charge >= 0.3 is 0 Å². The van der Waals surface area contributed by atoms with Gasteiger partial charge in [0.2, 0.25) is 0 Å². The van der Waals surface area contributed by atoms with Crippen molar-refractivity contribution >= 4 is 57.2 Å². The molecule has 0 N–H and O–H groups in total. The van der Waals surface area contributed by atoms with Gasteiger partial charge in [0, 0.05) is 34.0 Å². The van der Waals surface area contributed by atoms with Crippen LogP contribution in [0.4, 0.5) is 34.1 Å². The first kappa shape index (κ1) is 48.3. The molecule has 6 aromatic rings. The van der Waals surface area contributed by atoms with E-state index in [0.717, 1.165) is 6.42 Å². The Morgan fingerprint density at radius 3 is 1.27 bits per heavy atom. The molecule has 0 bridgehead atoms. The number of hydrogen-bond acceptors (Lipinski definition) is 2. The van der Waals surface area contributed by atoms with Crippen molar-refractivity contribution in [2.45, 2.75) is 207 Å². The third-order valence-corrected chi connectivity index (χ3v) is 19.0. The number of anilines is 6. The Morgan fingerprint density at radius 1 is 0.394 bits per heavy atom. The van der Waals surface area contributed by atoms with E-state index in [1.165, 1.54) is 137 Å². The van der Waals surface area contributed by atoms with Crippen LogP contribution in [0, 0.1) is 6.92 Å². The second kappa shape index (κ2) is 15.0. The van der Waals surface area contributed by atoms with Gasteiger partial charge in [0.1, 0.15) is 0 Å². The summed E-state index contributed by atoms with van der Waals surface area (Å²) in [5.74, 6) is 0. The van der Waals surface area contributed by atoms with Gasteiger partial charge in [-0.1, -0.05) is 179 Å². The molecule has 2 nitrogen and oxygen atoms in total. The summed E-state index contributed by atoms with van der Waals surface area (Å²) in [7, 11) is 0. The highest BCUT2D eigenvalue weighted by Gasteiger charge is 2.50. The quantitative estimate of drug-likeness (QED) is 0.163. The molecule has 3 aliphatic carbocycles. The van der Waals surface area contributed by atoms with E-state index in [4.69, 9.17) is 0 Å². The number of aryl methyl sites for hydroxylation is 1. The summed E-state index contributed by atoms with van der Waals surface area (Å²) >= 11 is 0. The lowest BCUT2D eigenvalue weighted by molar-refractivity contribution is 0.332. The van der Waals surface area contributed by atoms with E-state index in [1.807, 2.05) is 0 Å². The summed E-state index contributed by atoms with van der Waals surface area (Å²) in [5.41, 5.74) is 28.1. The lowest BCUT2D eigenvalue weighted by atomic mass is 9.32. The zero-order chi connectivity index (χ0) is 51.1. The fourth-order valence-corrected chi connectivity index (χ4v) is 14.5. The molecule has 11 rings (SSSR count). The van der Waals surface area contributed by atoms with Gasteiger partial charge in [0.15, 0.2) is 0 Å². The van der Waals surface area contributed by atoms with Gasteiger partial charge in [0.25, 0.3) is 6.71 Å². The first-order chi connectivity index (χ1) is 32.8. The molecule has 0 saturated carbocycles. The molecule has 0 amide bonds. The van der Waals surface area contributed by atoms with Crippen molar-refractivity contribution < 1.29 is 0 Å². The maximum absolute atomic E-state index is 2.78. The Hall–Kier alpha value is -5.02. The Kier molecular flexibility index (Phi) is 10.2. The normalized spacial score (nSPS) is 20.4. The Balaban J connectivity index is 1.34. The van der Waals surface area contributed by atoms with Gasteiger partial charge in [0.05, 0.1) is 5.69 Å². The summed E-state index contributed by atoms with van der Waals surface area (Å²) in [6.07, 6.45) is 5.85. The van der Waals surface area contributed by atoms with Crippen LogP contribution in [0.15, 0.2) is 97.1 Å². The van der Waals surface area contributed by atoms with Gasteiger partial charge in [-0.15, -0.1) is 0 Å². The number of rotatable bonds is 3. The fourth-order valence-electron chi connectivity index (χ4n) is 14.5. The number of nitrogens with zero attached hydrogens (tertiary/aromatic N) is 2. The molecule has 0 fully saturated rings. The summed E-state index contributed by atoms with van der Waals surface area (Å²) in [6.45, 7) is 46.7. The lowest BCUT2D eigenvalue weighted by Crippen LogP contribution is -2.62. The van der Waals surface area contributed by atoms with Gasteiger partial charge < -0.3 is 9.80 Å². The van der Waals surface area contributed by atoms with E-state index in [1.54, 1.807) is 0 Å². The van der Waals surface area contributed by atoms with Crippen LogP contribution in [-0.4, -0.2) is 6.71 Å². The molecular formula is C68H83BN2. The molecule has 0 radical (unpaired) electrons. The predicted octanol–water partition coefficient (Wildman–Crippen LogP) is 17.0. The highest BCUT2D eigenvalue weighted by molar-refractivity contribution is 7.00. The molecule has 0 spiro atoms. The van der Waals surface area contributed by atoms with Crippen molar-refractivity contribution in [2.75, 3.05) is 9.80 Å². The number of hydrogen-bond donors (Lipinski definition) is 0. The van der Waals surface area contributed by atoms with Crippen molar-refractivity contribution in [3.8, 4) is 11.1 Å². The molecule has 5 aliphatic rings. The molecule has 0 unspecified atom stereocenters. The SMILES string of the molecule is Cc1cc2c(cc1N1c3cc4c(cc3B3c5cc6c(cc5N(c5ccc(C(C)(C)C)cc5-c5ccccc5)c5cc(C(C)(C)C)cc1c53)C(C)(C)CCC6(C)C)C(C)(C)CCC4(C)C)C(C)(C)CC2(C)C. The molecule has 2 heterocycles. The zero-order valence-electron chi connectivity index (χ0n) is 47.2. The van der Waals surface area contributed by atoms with Crippen molar-refractivity contribution in [1.29, 1.82) is 0 Å². The van der Waals surface area contributed by atoms with E-state index in [2.05, 4.69) is 238 Å². The zero-order valence-corrected chi connectivity index (χ0v) is 47.2. The molecule has 2 aliphatic heterocycles. The van der Waals surface area contributed by atoms with Gasteiger partial charge in [-0.2, -0.15) is 0 Å². The van der Waals surface area contributed by atoms with Crippen LogP contribution >= 0.6 is 0 Å². The minimum atomic E-state index is -0.125. The van der Waals surface area contributed by atoms with Crippen molar-refractivity contribution in [3.63, 3.8) is 0 Å². The van der Waals surface area contributed by atoms with E-state index in [0.29, 0.717) is 0 Å². The Bertz CT molecular complexity index is 3210. The third kappa shape index (κ3) is 7.30. The lowest BCUT2D eigenvalue weighted by Gasteiger charge is -2.49. The fraction of sp³-hybridized carbons (Fsp3) is 0.471. The molecule has 3 heteroatoms. The summed E-state index contributed by atoms with van der Waals surface area (Å²) in [5, 5.41) is 0. The van der Waals surface area contributed by atoms with E-state index < -0.39 is 0 Å². The van der Waals surface area contributed by atoms with Crippen LogP contribution in [-0.2, 0) is 43.3 Å². The molecule has 368 valence electrons.